The van der Waals surface area contributed by atoms with Crippen molar-refractivity contribution < 1.29 is 13.2 Å². The molecule has 0 saturated carbocycles. The maximum absolute atomic E-state index is 12.6. The summed E-state index contributed by atoms with van der Waals surface area (Å²) in [6.07, 6.45) is 1.77. The van der Waals surface area contributed by atoms with E-state index in [-0.39, 0.29) is 10.1 Å². The molecule has 164 valence electrons. The number of benzene rings is 3. The van der Waals surface area contributed by atoms with E-state index in [4.69, 9.17) is 0 Å². The van der Waals surface area contributed by atoms with Gasteiger partial charge in [-0.15, -0.1) is 11.3 Å². The quantitative estimate of drug-likeness (QED) is 0.356. The highest BCUT2D eigenvalue weighted by Crippen LogP contribution is 2.22. The number of para-hydroxylation sites is 2. The second-order valence-electron chi connectivity index (χ2n) is 7.22. The third-order valence-corrected chi connectivity index (χ3v) is 7.79. The molecule has 0 atom stereocenters. The van der Waals surface area contributed by atoms with E-state index in [1.54, 1.807) is 42.0 Å². The maximum Gasteiger partial charge on any atom is 0.271 e. The smallest absolute Gasteiger partial charge is 0.271 e. The number of aromatic nitrogens is 2. The number of nitrogens with one attached hydrogen (secondary N) is 2. The fourth-order valence-corrected chi connectivity index (χ4v) is 5.44. The summed E-state index contributed by atoms with van der Waals surface area (Å²) >= 11 is 1.14. The minimum Gasteiger partial charge on any atom is -0.322 e. The maximum atomic E-state index is 12.6. The monoisotopic (exact) mass is 474 g/mol. The first-order valence-corrected chi connectivity index (χ1v) is 12.4. The molecule has 2 heterocycles. The van der Waals surface area contributed by atoms with E-state index in [9.17, 15) is 13.2 Å². The highest BCUT2D eigenvalue weighted by molar-refractivity contribution is 7.94. The molecular formula is C24H18N4O3S2. The Hall–Kier alpha value is -3.95. The van der Waals surface area contributed by atoms with E-state index in [0.29, 0.717) is 16.9 Å². The lowest BCUT2D eigenvalue weighted by atomic mass is 10.2. The highest BCUT2D eigenvalue weighted by atomic mass is 32.2. The summed E-state index contributed by atoms with van der Waals surface area (Å²) in [6, 6.07) is 24.8. The fourth-order valence-electron chi connectivity index (χ4n) is 3.39. The first-order valence-electron chi connectivity index (χ1n) is 10.00. The van der Waals surface area contributed by atoms with Crippen LogP contribution in [-0.2, 0) is 10.0 Å². The van der Waals surface area contributed by atoms with Gasteiger partial charge >= 0.3 is 0 Å². The van der Waals surface area contributed by atoms with Crippen LogP contribution in [0.15, 0.2) is 101 Å². The Bertz CT molecular complexity index is 1520. The van der Waals surface area contributed by atoms with Gasteiger partial charge in [0.2, 0.25) is 0 Å². The molecule has 0 aliphatic carbocycles. The number of imidazole rings is 1. The molecular weight excluding hydrogens is 456 g/mol. The molecule has 3 aromatic carbocycles. The van der Waals surface area contributed by atoms with E-state index in [2.05, 4.69) is 15.0 Å². The molecule has 0 radical (unpaired) electrons. The van der Waals surface area contributed by atoms with Crippen molar-refractivity contribution in [2.75, 3.05) is 10.0 Å². The number of rotatable bonds is 6. The molecule has 0 aliphatic heterocycles. The van der Waals surface area contributed by atoms with Crippen molar-refractivity contribution in [1.82, 2.24) is 9.55 Å². The van der Waals surface area contributed by atoms with Crippen LogP contribution in [0.1, 0.15) is 10.4 Å². The van der Waals surface area contributed by atoms with E-state index < -0.39 is 10.0 Å². The summed E-state index contributed by atoms with van der Waals surface area (Å²) in [6.45, 7) is 0. The number of hydrogen-bond acceptors (Lipinski definition) is 5. The van der Waals surface area contributed by atoms with Gasteiger partial charge in [-0.05, 0) is 72.1 Å². The minimum absolute atomic E-state index is 0.233. The normalized spacial score (nSPS) is 11.4. The molecule has 0 fully saturated rings. The molecule has 0 unspecified atom stereocenters. The van der Waals surface area contributed by atoms with Crippen LogP contribution >= 0.6 is 11.3 Å². The molecule has 7 nitrogen and oxygen atoms in total. The zero-order chi connectivity index (χ0) is 22.8. The second kappa shape index (κ2) is 8.53. The SMILES string of the molecule is O=C(Nc1ccc(-n2cnc3ccccc32)cc1)c1ccc(NS(=O)(=O)c2cccs2)cc1. The van der Waals surface area contributed by atoms with Crippen LogP contribution in [-0.4, -0.2) is 23.9 Å². The highest BCUT2D eigenvalue weighted by Gasteiger charge is 2.15. The molecule has 5 rings (SSSR count). The summed E-state index contributed by atoms with van der Waals surface area (Å²) in [4.78, 5) is 17.0. The zero-order valence-corrected chi connectivity index (χ0v) is 18.8. The third kappa shape index (κ3) is 4.36. The molecule has 1 amide bonds. The number of sulfonamides is 1. The van der Waals surface area contributed by atoms with Gasteiger partial charge in [-0.2, -0.15) is 0 Å². The average molecular weight is 475 g/mol. The molecule has 2 N–H and O–H groups in total. The van der Waals surface area contributed by atoms with E-state index >= 15 is 0 Å². The second-order valence-corrected chi connectivity index (χ2v) is 10.1. The van der Waals surface area contributed by atoms with Crippen LogP contribution in [0.5, 0.6) is 0 Å². The third-order valence-electron chi connectivity index (χ3n) is 5.02. The number of nitrogens with zero attached hydrogens (tertiary/aromatic N) is 2. The van der Waals surface area contributed by atoms with Gasteiger partial charge in [-0.25, -0.2) is 13.4 Å². The lowest BCUT2D eigenvalue weighted by molar-refractivity contribution is 0.102. The summed E-state index contributed by atoms with van der Waals surface area (Å²) < 4.78 is 29.4. The van der Waals surface area contributed by atoms with Gasteiger partial charge in [-0.1, -0.05) is 18.2 Å². The summed E-state index contributed by atoms with van der Waals surface area (Å²) in [5.74, 6) is -0.288. The Balaban J connectivity index is 1.27. The topological polar surface area (TPSA) is 93.1 Å². The van der Waals surface area contributed by atoms with Gasteiger partial charge in [0.1, 0.15) is 10.5 Å². The number of carbonyl (C=O) groups excluding carboxylic acids is 1. The molecule has 0 aliphatic rings. The predicted octanol–water partition coefficient (Wildman–Crippen LogP) is 5.14. The van der Waals surface area contributed by atoms with Crippen molar-refractivity contribution in [3.63, 3.8) is 0 Å². The summed E-state index contributed by atoms with van der Waals surface area (Å²) in [7, 11) is -3.63. The van der Waals surface area contributed by atoms with Crippen molar-refractivity contribution in [3.8, 4) is 5.69 Å². The molecule has 33 heavy (non-hydrogen) atoms. The first-order chi connectivity index (χ1) is 16.0. The molecule has 0 spiro atoms. The van der Waals surface area contributed by atoms with Crippen LogP contribution in [0.2, 0.25) is 0 Å². The van der Waals surface area contributed by atoms with Crippen molar-refractivity contribution in [1.29, 1.82) is 0 Å². The van der Waals surface area contributed by atoms with Crippen LogP contribution in [0.4, 0.5) is 11.4 Å². The van der Waals surface area contributed by atoms with Crippen molar-refractivity contribution in [2.45, 2.75) is 4.21 Å². The number of thiophene rings is 1. The number of carbonyl (C=O) groups is 1. The van der Waals surface area contributed by atoms with Crippen molar-refractivity contribution in [3.05, 3.63) is 102 Å². The van der Waals surface area contributed by atoms with Crippen molar-refractivity contribution >= 4 is 49.7 Å². The minimum atomic E-state index is -3.63. The van der Waals surface area contributed by atoms with Gasteiger partial charge in [0.15, 0.2) is 0 Å². The van der Waals surface area contributed by atoms with Gasteiger partial charge < -0.3 is 5.32 Å². The lowest BCUT2D eigenvalue weighted by Crippen LogP contribution is -2.13. The zero-order valence-electron chi connectivity index (χ0n) is 17.2. The van der Waals surface area contributed by atoms with Gasteiger partial charge in [-0.3, -0.25) is 14.1 Å². The Morgan fingerprint density at radius 3 is 2.30 bits per heavy atom. The summed E-state index contributed by atoms with van der Waals surface area (Å²) in [5, 5.41) is 4.56. The van der Waals surface area contributed by atoms with Gasteiger partial charge in [0, 0.05) is 22.6 Å². The molecule has 0 saturated heterocycles. The number of amides is 1. The van der Waals surface area contributed by atoms with Gasteiger partial charge in [0.05, 0.1) is 11.0 Å². The molecule has 9 heteroatoms. The lowest BCUT2D eigenvalue weighted by Gasteiger charge is -2.09. The fraction of sp³-hybridized carbons (Fsp3) is 0. The largest absolute Gasteiger partial charge is 0.322 e. The Kier molecular flexibility index (Phi) is 5.41. The number of anilines is 2. The van der Waals surface area contributed by atoms with Crippen LogP contribution in [0.3, 0.4) is 0 Å². The van der Waals surface area contributed by atoms with E-state index in [1.165, 1.54) is 6.07 Å². The van der Waals surface area contributed by atoms with Crippen LogP contribution < -0.4 is 10.0 Å². The standard InChI is InChI=1S/C24H18N4O3S2/c29-24(17-7-9-19(10-8-17)27-33(30,31)23-6-3-15-32-23)26-18-11-13-20(14-12-18)28-16-25-21-4-1-2-5-22(21)28/h1-16,27H,(H,26,29). The molecule has 2 aromatic heterocycles. The van der Waals surface area contributed by atoms with Crippen molar-refractivity contribution in [2.24, 2.45) is 0 Å². The first kappa shape index (κ1) is 20.9. The predicted molar refractivity (Wildman–Crippen MR) is 131 cm³/mol. The van der Waals surface area contributed by atoms with E-state index in [0.717, 1.165) is 28.1 Å². The molecule has 5 aromatic rings. The van der Waals surface area contributed by atoms with Crippen LogP contribution in [0, 0.1) is 0 Å². The summed E-state index contributed by atoms with van der Waals surface area (Å²) in [5.41, 5.74) is 4.30. The Morgan fingerprint density at radius 1 is 0.848 bits per heavy atom. The van der Waals surface area contributed by atoms with Crippen LogP contribution in [0.25, 0.3) is 16.7 Å². The Morgan fingerprint density at radius 2 is 1.58 bits per heavy atom. The van der Waals surface area contributed by atoms with E-state index in [1.807, 2.05) is 53.1 Å². The number of fused-ring (bicyclic) bond motifs is 1. The molecule has 0 bridgehead atoms. The number of hydrogen-bond donors (Lipinski definition) is 2. The van der Waals surface area contributed by atoms with Gasteiger partial charge in [0.25, 0.3) is 15.9 Å². The average Bonchev–Trinajstić information content (AvgIpc) is 3.51. The Labute approximate surface area is 194 Å².